The number of ether oxygens (including phenoxy) is 1. The van der Waals surface area contributed by atoms with Gasteiger partial charge in [-0.1, -0.05) is 25.1 Å². The van der Waals surface area contributed by atoms with Crippen LogP contribution in [0.25, 0.3) is 0 Å². The lowest BCUT2D eigenvalue weighted by Crippen LogP contribution is -2.48. The lowest BCUT2D eigenvalue weighted by atomic mass is 9.73. The molecular weight excluding hydrogens is 304 g/mol. The van der Waals surface area contributed by atoms with E-state index in [1.165, 1.54) is 0 Å². The summed E-state index contributed by atoms with van der Waals surface area (Å²) in [6.45, 7) is 7.29. The van der Waals surface area contributed by atoms with Gasteiger partial charge in [-0.25, -0.2) is 0 Å². The quantitative estimate of drug-likeness (QED) is 0.919. The summed E-state index contributed by atoms with van der Waals surface area (Å²) in [4.78, 5) is 17.1. The van der Waals surface area contributed by atoms with Gasteiger partial charge in [0.15, 0.2) is 0 Å². The molecule has 5 nitrogen and oxygen atoms in total. The third kappa shape index (κ3) is 2.42. The zero-order chi connectivity index (χ0) is 16.7. The summed E-state index contributed by atoms with van der Waals surface area (Å²) in [7, 11) is 0. The van der Waals surface area contributed by atoms with E-state index in [2.05, 4.69) is 16.7 Å². The van der Waals surface area contributed by atoms with Crippen LogP contribution in [0, 0.1) is 5.41 Å². The van der Waals surface area contributed by atoms with Crippen LogP contribution >= 0.6 is 0 Å². The van der Waals surface area contributed by atoms with Gasteiger partial charge in [0.05, 0.1) is 0 Å². The third-order valence-corrected chi connectivity index (χ3v) is 6.30. The van der Waals surface area contributed by atoms with E-state index in [1.807, 2.05) is 24.3 Å². The number of nitrogens with zero attached hydrogens (tertiary/aromatic N) is 2. The molecule has 0 saturated carbocycles. The molecule has 3 heterocycles. The number of carbonyl (C=O) groups is 1. The van der Waals surface area contributed by atoms with Crippen LogP contribution in [0.5, 0.6) is 5.75 Å². The first-order valence-electron chi connectivity index (χ1n) is 9.05. The highest BCUT2D eigenvalue weighted by Gasteiger charge is 2.57. The van der Waals surface area contributed by atoms with Gasteiger partial charge >= 0.3 is 5.97 Å². The second-order valence-electron chi connectivity index (χ2n) is 7.44. The van der Waals surface area contributed by atoms with Crippen LogP contribution in [0.4, 0.5) is 0 Å². The Kier molecular flexibility index (Phi) is 4.01. The Balaban J connectivity index is 1.59. The number of likely N-dealkylation sites (tertiary alicyclic amines) is 2. The van der Waals surface area contributed by atoms with Gasteiger partial charge in [-0.2, -0.15) is 0 Å². The van der Waals surface area contributed by atoms with E-state index < -0.39 is 11.4 Å². The number of benzene rings is 1. The zero-order valence-electron chi connectivity index (χ0n) is 14.3. The van der Waals surface area contributed by atoms with Crippen LogP contribution < -0.4 is 4.74 Å². The molecule has 0 bridgehead atoms. The second kappa shape index (κ2) is 6.05. The summed E-state index contributed by atoms with van der Waals surface area (Å²) in [6.07, 6.45) is 2.28. The van der Waals surface area contributed by atoms with Gasteiger partial charge in [0.25, 0.3) is 0 Å². The van der Waals surface area contributed by atoms with Crippen molar-refractivity contribution in [1.82, 2.24) is 9.80 Å². The highest BCUT2D eigenvalue weighted by atomic mass is 16.5. The topological polar surface area (TPSA) is 53.0 Å². The molecule has 1 aromatic carbocycles. The smallest absolute Gasteiger partial charge is 0.315 e. The summed E-state index contributed by atoms with van der Waals surface area (Å²) in [5.74, 6) is 0.182. The fraction of sp³-hybridized carbons (Fsp3) is 0.632. The predicted molar refractivity (Wildman–Crippen MR) is 91.5 cm³/mol. The maximum atomic E-state index is 12.2. The van der Waals surface area contributed by atoms with Crippen LogP contribution in [0.3, 0.4) is 0 Å². The number of hydrogen-bond acceptors (Lipinski definition) is 4. The number of hydrogen-bond donors (Lipinski definition) is 1. The minimum Gasteiger partial charge on any atom is -0.492 e. The van der Waals surface area contributed by atoms with Crippen molar-refractivity contribution in [2.45, 2.75) is 31.7 Å². The Labute approximate surface area is 143 Å². The molecule has 0 aliphatic carbocycles. The van der Waals surface area contributed by atoms with Crippen molar-refractivity contribution in [3.05, 3.63) is 29.8 Å². The van der Waals surface area contributed by atoms with Gasteiger partial charge in [0.2, 0.25) is 0 Å². The van der Waals surface area contributed by atoms with E-state index in [1.54, 1.807) is 0 Å². The number of piperidine rings is 1. The first-order chi connectivity index (χ1) is 11.6. The number of para-hydroxylation sites is 1. The summed E-state index contributed by atoms with van der Waals surface area (Å²) in [6, 6.07) is 8.45. The maximum Gasteiger partial charge on any atom is 0.315 e. The van der Waals surface area contributed by atoms with E-state index in [0.29, 0.717) is 12.6 Å². The Morgan fingerprint density at radius 3 is 2.79 bits per heavy atom. The van der Waals surface area contributed by atoms with E-state index in [0.717, 1.165) is 50.3 Å². The van der Waals surface area contributed by atoms with Crippen LogP contribution in [-0.2, 0) is 4.79 Å². The molecule has 130 valence electrons. The first-order valence-corrected chi connectivity index (χ1v) is 9.05. The van der Waals surface area contributed by atoms with Crippen molar-refractivity contribution in [2.24, 2.45) is 5.41 Å². The van der Waals surface area contributed by atoms with E-state index in [-0.39, 0.29) is 12.5 Å². The lowest BCUT2D eigenvalue weighted by Gasteiger charge is -2.37. The molecule has 5 heteroatoms. The van der Waals surface area contributed by atoms with E-state index in [9.17, 15) is 9.90 Å². The zero-order valence-corrected chi connectivity index (χ0v) is 14.3. The molecule has 1 unspecified atom stereocenters. The molecule has 2 saturated heterocycles. The molecule has 2 fully saturated rings. The molecule has 3 aliphatic rings. The van der Waals surface area contributed by atoms with Gasteiger partial charge < -0.3 is 14.7 Å². The van der Waals surface area contributed by atoms with Crippen molar-refractivity contribution in [2.75, 3.05) is 39.3 Å². The molecule has 24 heavy (non-hydrogen) atoms. The number of carboxylic acids is 1. The molecular formula is C19H26N2O3. The normalized spacial score (nSPS) is 31.3. The van der Waals surface area contributed by atoms with Crippen LogP contribution in [0.2, 0.25) is 0 Å². The summed E-state index contributed by atoms with van der Waals surface area (Å²) in [5, 5.41) is 10.0. The summed E-state index contributed by atoms with van der Waals surface area (Å²) >= 11 is 0. The number of aliphatic carboxylic acids is 1. The average Bonchev–Trinajstić information content (AvgIpc) is 3.03. The molecule has 0 radical (unpaired) electrons. The van der Waals surface area contributed by atoms with Crippen LogP contribution in [0.1, 0.15) is 31.2 Å². The highest BCUT2D eigenvalue weighted by Crippen LogP contribution is 2.50. The monoisotopic (exact) mass is 330 g/mol. The van der Waals surface area contributed by atoms with Crippen molar-refractivity contribution >= 4 is 5.97 Å². The molecule has 2 atom stereocenters. The molecule has 3 aliphatic heterocycles. The number of rotatable bonds is 3. The van der Waals surface area contributed by atoms with Crippen molar-refractivity contribution in [3.8, 4) is 5.75 Å². The van der Waals surface area contributed by atoms with Gasteiger partial charge in [-0.05, 0) is 44.1 Å². The fourth-order valence-corrected chi connectivity index (χ4v) is 4.75. The minimum absolute atomic E-state index is 0.0316. The first kappa shape index (κ1) is 15.9. The largest absolute Gasteiger partial charge is 0.492 e. The maximum absolute atomic E-state index is 12.2. The molecule has 1 N–H and O–H groups in total. The van der Waals surface area contributed by atoms with Gasteiger partial charge in [-0.15, -0.1) is 0 Å². The minimum atomic E-state index is -0.795. The van der Waals surface area contributed by atoms with E-state index in [4.69, 9.17) is 4.74 Å². The molecule has 1 aromatic rings. The predicted octanol–water partition coefficient (Wildman–Crippen LogP) is 2.03. The van der Waals surface area contributed by atoms with Crippen molar-refractivity contribution in [3.63, 3.8) is 0 Å². The Morgan fingerprint density at radius 2 is 2.08 bits per heavy atom. The standard InChI is InChI=1S/C19H26N2O3/c1-2-20-9-7-14(8-10-20)21-11-16-15-5-3-4-6-17(15)24-13-19(16,12-21)18(22)23/h3-6,14,16H,2,7-13H2,1H3,(H,22,23)/t16?,19-/m1/s1. The van der Waals surface area contributed by atoms with Crippen LogP contribution in [0.15, 0.2) is 24.3 Å². The SMILES string of the molecule is CCN1CCC(N2CC3c4ccccc4OC[C@]3(C(=O)O)C2)CC1. The van der Waals surface area contributed by atoms with Gasteiger partial charge in [0.1, 0.15) is 17.8 Å². The third-order valence-electron chi connectivity index (χ3n) is 6.30. The highest BCUT2D eigenvalue weighted by molar-refractivity contribution is 5.78. The van der Waals surface area contributed by atoms with Gasteiger partial charge in [0, 0.05) is 25.0 Å². The average molecular weight is 330 g/mol. The summed E-state index contributed by atoms with van der Waals surface area (Å²) < 4.78 is 5.86. The second-order valence-corrected chi connectivity index (χ2v) is 7.44. The fourth-order valence-electron chi connectivity index (χ4n) is 4.75. The Morgan fingerprint density at radius 1 is 1.33 bits per heavy atom. The van der Waals surface area contributed by atoms with Crippen LogP contribution in [-0.4, -0.2) is 66.2 Å². The van der Waals surface area contributed by atoms with Gasteiger partial charge in [-0.3, -0.25) is 9.69 Å². The van der Waals surface area contributed by atoms with Crippen molar-refractivity contribution in [1.29, 1.82) is 0 Å². The number of fused-ring (bicyclic) bond motifs is 3. The van der Waals surface area contributed by atoms with Crippen molar-refractivity contribution < 1.29 is 14.6 Å². The molecule has 0 aromatic heterocycles. The molecule has 0 spiro atoms. The molecule has 4 rings (SSSR count). The Bertz CT molecular complexity index is 627. The molecule has 0 amide bonds. The lowest BCUT2D eigenvalue weighted by molar-refractivity contribution is -0.152. The van der Waals surface area contributed by atoms with E-state index >= 15 is 0 Å². The number of carboxylic acid groups (broad SMARTS) is 1. The Hall–Kier alpha value is -1.59. The summed E-state index contributed by atoms with van der Waals surface area (Å²) in [5.41, 5.74) is 0.274.